The number of carbonyl (C=O) groups excluding carboxylic acids is 2. The van der Waals surface area contributed by atoms with Crippen molar-refractivity contribution < 1.29 is 22.8 Å². The van der Waals surface area contributed by atoms with Crippen molar-refractivity contribution in [1.82, 2.24) is 14.9 Å². The molecule has 5 rings (SSSR count). The summed E-state index contributed by atoms with van der Waals surface area (Å²) in [6.07, 6.45) is 2.55. The maximum absolute atomic E-state index is 15.2. The van der Waals surface area contributed by atoms with Gasteiger partial charge in [-0.15, -0.1) is 0 Å². The third kappa shape index (κ3) is 3.04. The summed E-state index contributed by atoms with van der Waals surface area (Å²) in [6, 6.07) is 3.04. The van der Waals surface area contributed by atoms with Crippen LogP contribution in [-0.2, 0) is 10.2 Å². The van der Waals surface area contributed by atoms with Gasteiger partial charge in [0.25, 0.3) is 5.91 Å². The summed E-state index contributed by atoms with van der Waals surface area (Å²) in [5.41, 5.74) is 0.431. The lowest BCUT2D eigenvalue weighted by Gasteiger charge is -2.35. The fraction of sp³-hybridized carbons (Fsp3) is 0.400. The van der Waals surface area contributed by atoms with E-state index in [1.807, 2.05) is 0 Å². The molecule has 1 aliphatic heterocycles. The van der Waals surface area contributed by atoms with Crippen LogP contribution in [0.25, 0.3) is 0 Å². The molecular formula is C20H17F3N4O2. The summed E-state index contributed by atoms with van der Waals surface area (Å²) in [6.45, 7) is -0.0278. The molecule has 0 radical (unpaired) electrons. The predicted octanol–water partition coefficient (Wildman–Crippen LogP) is 2.71. The van der Waals surface area contributed by atoms with E-state index in [4.69, 9.17) is 0 Å². The fourth-order valence-corrected chi connectivity index (χ4v) is 4.15. The highest BCUT2D eigenvalue weighted by Crippen LogP contribution is 2.55. The molecule has 0 bridgehead atoms. The molecule has 2 aliphatic carbocycles. The molecule has 9 heteroatoms. The standard InChI is InChI=1S/C20H17F3N4O2/c21-10-6-24-19(25-7-10)26-15(28)8-27-9-20(3-4-20)16-12(18(27)29)2-1-11(17(16)23)13-5-14(13)22/h1-2,6-7,13-14H,3-5,8-9H2,(H,24,25,26,28). The van der Waals surface area contributed by atoms with Crippen LogP contribution in [-0.4, -0.2) is 45.9 Å². The fourth-order valence-electron chi connectivity index (χ4n) is 4.15. The Morgan fingerprint density at radius 2 is 1.93 bits per heavy atom. The van der Waals surface area contributed by atoms with Gasteiger partial charge in [0.05, 0.1) is 12.4 Å². The largest absolute Gasteiger partial charge is 0.328 e. The van der Waals surface area contributed by atoms with Gasteiger partial charge in [-0.2, -0.15) is 0 Å². The molecular weight excluding hydrogens is 385 g/mol. The van der Waals surface area contributed by atoms with Crippen LogP contribution in [0.4, 0.5) is 19.1 Å². The van der Waals surface area contributed by atoms with Gasteiger partial charge in [0.1, 0.15) is 18.5 Å². The Bertz CT molecular complexity index is 1020. The maximum atomic E-state index is 15.2. The van der Waals surface area contributed by atoms with Gasteiger partial charge in [-0.05, 0) is 30.9 Å². The van der Waals surface area contributed by atoms with Crippen LogP contribution in [0.2, 0.25) is 0 Å². The zero-order valence-electron chi connectivity index (χ0n) is 15.3. The monoisotopic (exact) mass is 402 g/mol. The van der Waals surface area contributed by atoms with Crippen molar-refractivity contribution in [2.75, 3.05) is 18.4 Å². The Balaban J connectivity index is 1.38. The molecule has 1 spiro atoms. The van der Waals surface area contributed by atoms with E-state index in [9.17, 15) is 18.4 Å². The second-order valence-corrected chi connectivity index (χ2v) is 7.96. The first-order valence-corrected chi connectivity index (χ1v) is 9.41. The van der Waals surface area contributed by atoms with Crippen molar-refractivity contribution in [3.63, 3.8) is 0 Å². The lowest BCUT2D eigenvalue weighted by Crippen LogP contribution is -2.47. The van der Waals surface area contributed by atoms with E-state index in [1.165, 1.54) is 11.0 Å². The molecule has 2 saturated carbocycles. The molecule has 2 atom stereocenters. The second kappa shape index (κ2) is 6.27. The zero-order chi connectivity index (χ0) is 20.3. The van der Waals surface area contributed by atoms with Gasteiger partial charge in [-0.25, -0.2) is 23.1 Å². The van der Waals surface area contributed by atoms with Crippen LogP contribution >= 0.6 is 0 Å². The van der Waals surface area contributed by atoms with Crippen LogP contribution in [0.5, 0.6) is 0 Å². The van der Waals surface area contributed by atoms with Crippen LogP contribution in [0.3, 0.4) is 0 Å². The summed E-state index contributed by atoms with van der Waals surface area (Å²) >= 11 is 0. The number of fused-ring (bicyclic) bond motifs is 2. The van der Waals surface area contributed by atoms with Crippen LogP contribution < -0.4 is 5.32 Å². The Hall–Kier alpha value is -2.97. The molecule has 2 amide bonds. The summed E-state index contributed by atoms with van der Waals surface area (Å²) in [5, 5.41) is 2.42. The van der Waals surface area contributed by atoms with Gasteiger partial charge in [-0.3, -0.25) is 14.9 Å². The molecule has 3 aliphatic rings. The van der Waals surface area contributed by atoms with Crippen LogP contribution in [0.15, 0.2) is 24.5 Å². The van der Waals surface area contributed by atoms with Crippen molar-refractivity contribution in [2.45, 2.75) is 36.8 Å². The van der Waals surface area contributed by atoms with E-state index < -0.39 is 41.0 Å². The Labute approximate surface area is 164 Å². The zero-order valence-corrected chi connectivity index (χ0v) is 15.3. The Morgan fingerprint density at radius 3 is 2.55 bits per heavy atom. The van der Waals surface area contributed by atoms with Gasteiger partial charge in [0.15, 0.2) is 5.82 Å². The average Bonchev–Trinajstić information content (AvgIpc) is 3.60. The van der Waals surface area contributed by atoms with E-state index in [2.05, 4.69) is 15.3 Å². The van der Waals surface area contributed by atoms with Gasteiger partial charge in [0, 0.05) is 29.0 Å². The summed E-state index contributed by atoms with van der Waals surface area (Å²) in [7, 11) is 0. The minimum absolute atomic E-state index is 0.0664. The Kier molecular flexibility index (Phi) is 3.91. The minimum atomic E-state index is -1.02. The molecule has 2 aromatic rings. The number of rotatable bonds is 4. The summed E-state index contributed by atoms with van der Waals surface area (Å²) in [5.74, 6) is -2.56. The van der Waals surface area contributed by atoms with Crippen molar-refractivity contribution in [2.24, 2.45) is 0 Å². The smallest absolute Gasteiger partial charge is 0.254 e. The van der Waals surface area contributed by atoms with Crippen molar-refractivity contribution >= 4 is 17.8 Å². The van der Waals surface area contributed by atoms with Crippen molar-refractivity contribution in [1.29, 1.82) is 0 Å². The number of nitrogens with one attached hydrogen (secondary N) is 1. The van der Waals surface area contributed by atoms with Crippen LogP contribution in [0.1, 0.15) is 46.7 Å². The molecule has 2 unspecified atom stereocenters. The summed E-state index contributed by atoms with van der Waals surface area (Å²) < 4.78 is 41.5. The highest BCUT2D eigenvalue weighted by atomic mass is 19.1. The highest BCUT2D eigenvalue weighted by Gasteiger charge is 2.54. The topological polar surface area (TPSA) is 75.2 Å². The molecule has 6 nitrogen and oxygen atoms in total. The first-order valence-electron chi connectivity index (χ1n) is 9.41. The third-order valence-corrected chi connectivity index (χ3v) is 5.88. The first-order chi connectivity index (χ1) is 13.9. The van der Waals surface area contributed by atoms with E-state index in [1.54, 1.807) is 6.07 Å². The average molecular weight is 402 g/mol. The molecule has 2 heterocycles. The lowest BCUT2D eigenvalue weighted by molar-refractivity contribution is -0.117. The highest BCUT2D eigenvalue weighted by molar-refractivity contribution is 6.01. The predicted molar refractivity (Wildman–Crippen MR) is 96.1 cm³/mol. The van der Waals surface area contributed by atoms with E-state index in [0.29, 0.717) is 30.4 Å². The van der Waals surface area contributed by atoms with E-state index in [0.717, 1.165) is 12.4 Å². The first kappa shape index (κ1) is 18.1. The van der Waals surface area contributed by atoms with Crippen molar-refractivity contribution in [3.8, 4) is 0 Å². The molecule has 150 valence electrons. The number of alkyl halides is 1. The van der Waals surface area contributed by atoms with Gasteiger partial charge in [-0.1, -0.05) is 6.07 Å². The summed E-state index contributed by atoms with van der Waals surface area (Å²) in [4.78, 5) is 33.9. The minimum Gasteiger partial charge on any atom is -0.328 e. The normalized spacial score (nSPS) is 23.7. The van der Waals surface area contributed by atoms with E-state index in [-0.39, 0.29) is 24.6 Å². The molecule has 2 fully saturated rings. The van der Waals surface area contributed by atoms with Gasteiger partial charge < -0.3 is 4.90 Å². The number of benzene rings is 1. The Morgan fingerprint density at radius 1 is 1.24 bits per heavy atom. The van der Waals surface area contributed by atoms with Gasteiger partial charge >= 0.3 is 0 Å². The number of hydrogen-bond donors (Lipinski definition) is 1. The van der Waals surface area contributed by atoms with Gasteiger partial charge in [0.2, 0.25) is 11.9 Å². The number of hydrogen-bond acceptors (Lipinski definition) is 4. The quantitative estimate of drug-likeness (QED) is 0.853. The number of carbonyl (C=O) groups is 2. The molecule has 1 aromatic heterocycles. The molecule has 0 saturated heterocycles. The third-order valence-electron chi connectivity index (χ3n) is 5.88. The molecule has 29 heavy (non-hydrogen) atoms. The number of amides is 2. The molecule has 1 aromatic carbocycles. The maximum Gasteiger partial charge on any atom is 0.254 e. The number of anilines is 1. The SMILES string of the molecule is O=C(CN1CC2(CC2)c2c(ccc(C3CC3F)c2F)C1=O)Nc1ncc(F)cn1. The van der Waals surface area contributed by atoms with Crippen LogP contribution in [0, 0.1) is 11.6 Å². The number of halogens is 3. The van der Waals surface area contributed by atoms with Crippen molar-refractivity contribution in [3.05, 3.63) is 52.9 Å². The number of aromatic nitrogens is 2. The second-order valence-electron chi connectivity index (χ2n) is 7.96. The lowest BCUT2D eigenvalue weighted by atomic mass is 9.84. The van der Waals surface area contributed by atoms with E-state index >= 15 is 4.39 Å². The molecule has 1 N–H and O–H groups in total. The number of nitrogens with zero attached hydrogens (tertiary/aromatic N) is 3.